The number of carbonyl (C=O) groups excluding carboxylic acids is 1. The Hall–Kier alpha value is -1.26. The molecule has 5 heteroatoms. The number of nitrogens with zero attached hydrogens (tertiary/aromatic N) is 1. The number of halogens is 1. The average molecular weight is 283 g/mol. The van der Waals surface area contributed by atoms with Crippen molar-refractivity contribution in [1.29, 1.82) is 0 Å². The van der Waals surface area contributed by atoms with Gasteiger partial charge >= 0.3 is 0 Å². The van der Waals surface area contributed by atoms with E-state index in [-0.39, 0.29) is 30.3 Å². The number of likely N-dealkylation sites (tertiary alicyclic amines) is 1. The molecule has 0 spiro atoms. The third kappa shape index (κ3) is 2.85. The van der Waals surface area contributed by atoms with Gasteiger partial charge in [-0.2, -0.15) is 0 Å². The molecule has 3 rings (SSSR count). The molecule has 4 nitrogen and oxygen atoms in total. The fraction of sp³-hybridized carbons (Fsp3) is 0.500. The molecule has 2 heterocycles. The molecule has 2 atom stereocenters. The average Bonchev–Trinajstić information content (AvgIpc) is 2.84. The highest BCUT2D eigenvalue weighted by Crippen LogP contribution is 2.28. The molecule has 1 unspecified atom stereocenters. The summed E-state index contributed by atoms with van der Waals surface area (Å²) < 4.78 is 5.66. The molecule has 1 amide bonds. The molecule has 1 aromatic rings. The van der Waals surface area contributed by atoms with E-state index < -0.39 is 0 Å². The first-order valence-corrected chi connectivity index (χ1v) is 6.49. The Balaban J connectivity index is 0.00000133. The van der Waals surface area contributed by atoms with E-state index in [0.717, 1.165) is 30.7 Å². The smallest absolute Gasteiger partial charge is 0.229 e. The number of hydrogen-bond acceptors (Lipinski definition) is 3. The van der Waals surface area contributed by atoms with E-state index in [1.165, 1.54) is 0 Å². The molecule has 0 radical (unpaired) electrons. The number of nitrogens with two attached hydrogens (primary N) is 1. The van der Waals surface area contributed by atoms with E-state index in [1.807, 2.05) is 29.2 Å². The largest absolute Gasteiger partial charge is 0.492 e. The van der Waals surface area contributed by atoms with Gasteiger partial charge in [0.15, 0.2) is 0 Å². The van der Waals surface area contributed by atoms with E-state index >= 15 is 0 Å². The van der Waals surface area contributed by atoms with Crippen LogP contribution in [-0.4, -0.2) is 36.5 Å². The third-order valence-electron chi connectivity index (χ3n) is 3.76. The minimum atomic E-state index is -0.0507. The minimum Gasteiger partial charge on any atom is -0.492 e. The highest BCUT2D eigenvalue weighted by atomic mass is 35.5. The van der Waals surface area contributed by atoms with Crippen LogP contribution < -0.4 is 10.5 Å². The van der Waals surface area contributed by atoms with Crippen molar-refractivity contribution < 1.29 is 9.53 Å². The van der Waals surface area contributed by atoms with Gasteiger partial charge in [0.05, 0.1) is 5.92 Å². The van der Waals surface area contributed by atoms with Crippen molar-refractivity contribution in [3.8, 4) is 5.75 Å². The van der Waals surface area contributed by atoms with Crippen molar-refractivity contribution in [2.75, 3.05) is 19.7 Å². The van der Waals surface area contributed by atoms with Gasteiger partial charge in [-0.25, -0.2) is 0 Å². The molecule has 1 saturated heterocycles. The summed E-state index contributed by atoms with van der Waals surface area (Å²) in [7, 11) is 0. The van der Waals surface area contributed by atoms with Crippen LogP contribution in [-0.2, 0) is 11.2 Å². The van der Waals surface area contributed by atoms with Gasteiger partial charge in [0.2, 0.25) is 5.91 Å². The number of amides is 1. The quantitative estimate of drug-likeness (QED) is 0.843. The molecule has 1 aromatic carbocycles. The zero-order valence-electron chi connectivity index (χ0n) is 10.7. The van der Waals surface area contributed by atoms with Crippen LogP contribution in [0, 0.1) is 5.92 Å². The first-order valence-electron chi connectivity index (χ1n) is 6.49. The van der Waals surface area contributed by atoms with Crippen LogP contribution in [0.4, 0.5) is 0 Å². The standard InChI is InChI=1S/C14H18N2O2.ClH/c15-12-5-6-16(8-12)14(17)11-7-10-3-1-2-4-13(10)18-9-11;/h1-4,11-12H,5-9,15H2;1H/t11?,12-;/m1./s1. The van der Waals surface area contributed by atoms with E-state index in [1.54, 1.807) is 0 Å². The zero-order chi connectivity index (χ0) is 12.5. The molecular formula is C14H19ClN2O2. The summed E-state index contributed by atoms with van der Waals surface area (Å²) >= 11 is 0. The molecule has 0 aromatic heterocycles. The molecule has 2 N–H and O–H groups in total. The van der Waals surface area contributed by atoms with Crippen LogP contribution >= 0.6 is 12.4 Å². The van der Waals surface area contributed by atoms with Gasteiger partial charge in [-0.1, -0.05) is 18.2 Å². The molecular weight excluding hydrogens is 264 g/mol. The summed E-state index contributed by atoms with van der Waals surface area (Å²) in [5.74, 6) is 1.06. The van der Waals surface area contributed by atoms with Gasteiger partial charge in [0.25, 0.3) is 0 Å². The normalized spacial score (nSPS) is 25.2. The van der Waals surface area contributed by atoms with Crippen LogP contribution in [0.1, 0.15) is 12.0 Å². The van der Waals surface area contributed by atoms with Crippen molar-refractivity contribution in [2.24, 2.45) is 11.7 Å². The Kier molecular flexibility index (Phi) is 4.32. The Bertz CT molecular complexity index is 467. The highest BCUT2D eigenvalue weighted by molar-refractivity contribution is 5.85. The summed E-state index contributed by atoms with van der Waals surface area (Å²) in [6, 6.07) is 8.08. The van der Waals surface area contributed by atoms with Crippen molar-refractivity contribution in [3.63, 3.8) is 0 Å². The summed E-state index contributed by atoms with van der Waals surface area (Å²) in [5.41, 5.74) is 6.97. The monoisotopic (exact) mass is 282 g/mol. The van der Waals surface area contributed by atoms with Crippen LogP contribution in [0.2, 0.25) is 0 Å². The highest BCUT2D eigenvalue weighted by Gasteiger charge is 2.32. The number of para-hydroxylation sites is 1. The molecule has 1 fully saturated rings. The Morgan fingerprint density at radius 1 is 1.37 bits per heavy atom. The summed E-state index contributed by atoms with van der Waals surface area (Å²) in [5, 5.41) is 0. The number of fused-ring (bicyclic) bond motifs is 1. The first-order chi connectivity index (χ1) is 8.74. The van der Waals surface area contributed by atoms with Gasteiger partial charge in [-0.15, -0.1) is 12.4 Å². The third-order valence-corrected chi connectivity index (χ3v) is 3.76. The molecule has 2 aliphatic heterocycles. The van der Waals surface area contributed by atoms with Gasteiger partial charge in [0, 0.05) is 19.1 Å². The lowest BCUT2D eigenvalue weighted by Gasteiger charge is -2.28. The zero-order valence-corrected chi connectivity index (χ0v) is 11.6. The SMILES string of the molecule is Cl.N[C@@H]1CCN(C(=O)C2COc3ccccc3C2)C1. The maximum atomic E-state index is 12.3. The second kappa shape index (κ2) is 5.80. The molecule has 2 aliphatic rings. The lowest BCUT2D eigenvalue weighted by atomic mass is 9.95. The van der Waals surface area contributed by atoms with E-state index in [9.17, 15) is 4.79 Å². The van der Waals surface area contributed by atoms with Gasteiger partial charge in [0.1, 0.15) is 12.4 Å². The number of carbonyl (C=O) groups is 1. The van der Waals surface area contributed by atoms with E-state index in [4.69, 9.17) is 10.5 Å². The van der Waals surface area contributed by atoms with Crippen molar-refractivity contribution >= 4 is 18.3 Å². The van der Waals surface area contributed by atoms with E-state index in [2.05, 4.69) is 0 Å². The van der Waals surface area contributed by atoms with Crippen LogP contribution in [0.3, 0.4) is 0 Å². The molecule has 104 valence electrons. The maximum absolute atomic E-state index is 12.3. The number of benzene rings is 1. The predicted molar refractivity (Wildman–Crippen MR) is 75.6 cm³/mol. The number of rotatable bonds is 1. The number of hydrogen-bond donors (Lipinski definition) is 1. The molecule has 0 aliphatic carbocycles. The lowest BCUT2D eigenvalue weighted by Crippen LogP contribution is -2.40. The Labute approximate surface area is 119 Å². The fourth-order valence-corrected chi connectivity index (χ4v) is 2.73. The van der Waals surface area contributed by atoms with Crippen LogP contribution in [0.25, 0.3) is 0 Å². The van der Waals surface area contributed by atoms with Crippen molar-refractivity contribution in [3.05, 3.63) is 29.8 Å². The number of ether oxygens (including phenoxy) is 1. The lowest BCUT2D eigenvalue weighted by molar-refractivity contribution is -0.135. The molecule has 0 saturated carbocycles. The summed E-state index contributed by atoms with van der Waals surface area (Å²) in [6.45, 7) is 1.97. The minimum absolute atomic E-state index is 0. The summed E-state index contributed by atoms with van der Waals surface area (Å²) in [6.07, 6.45) is 1.69. The topological polar surface area (TPSA) is 55.6 Å². The van der Waals surface area contributed by atoms with Crippen molar-refractivity contribution in [2.45, 2.75) is 18.9 Å². The first kappa shape index (κ1) is 14.2. The van der Waals surface area contributed by atoms with Crippen LogP contribution in [0.5, 0.6) is 5.75 Å². The Morgan fingerprint density at radius 3 is 2.89 bits per heavy atom. The van der Waals surface area contributed by atoms with Crippen LogP contribution in [0.15, 0.2) is 24.3 Å². The maximum Gasteiger partial charge on any atom is 0.229 e. The second-order valence-electron chi connectivity index (χ2n) is 5.15. The van der Waals surface area contributed by atoms with Gasteiger partial charge in [-0.3, -0.25) is 4.79 Å². The fourth-order valence-electron chi connectivity index (χ4n) is 2.73. The van der Waals surface area contributed by atoms with E-state index in [0.29, 0.717) is 13.2 Å². The molecule has 0 bridgehead atoms. The molecule has 19 heavy (non-hydrogen) atoms. The predicted octanol–water partition coefficient (Wildman–Crippen LogP) is 1.22. The second-order valence-corrected chi connectivity index (χ2v) is 5.15. The van der Waals surface area contributed by atoms with Gasteiger partial charge < -0.3 is 15.4 Å². The summed E-state index contributed by atoms with van der Waals surface area (Å²) in [4.78, 5) is 14.2. The Morgan fingerprint density at radius 2 is 2.16 bits per heavy atom. The van der Waals surface area contributed by atoms with Crippen molar-refractivity contribution in [1.82, 2.24) is 4.90 Å². The van der Waals surface area contributed by atoms with Gasteiger partial charge in [-0.05, 0) is 24.5 Å².